The van der Waals surface area contributed by atoms with Crippen LogP contribution in [0.5, 0.6) is 5.75 Å². The maximum absolute atomic E-state index is 11.7. The van der Waals surface area contributed by atoms with Crippen LogP contribution >= 0.6 is 0 Å². The molecular formula is C22H18N2O3. The number of aromatic hydroxyl groups is 1. The second-order valence-electron chi connectivity index (χ2n) is 7.08. The van der Waals surface area contributed by atoms with Gasteiger partial charge in [-0.1, -0.05) is 48.5 Å². The Morgan fingerprint density at radius 1 is 1.04 bits per heavy atom. The number of benzene rings is 3. The van der Waals surface area contributed by atoms with Gasteiger partial charge in [0.1, 0.15) is 11.8 Å². The standard InChI is InChI=1S/C22H18N2O3/c25-18-10-9-12-5-1-2-6-13(12)19(18)21-20-15(11-17(24-21)22(26)27)14-7-3-4-8-16(14)23-20/h1-10,17,21,23-25H,11H2,(H,26,27)/t17-,21+/m1/s1. The van der Waals surface area contributed by atoms with E-state index >= 15 is 0 Å². The van der Waals surface area contributed by atoms with Crippen LogP contribution in [-0.4, -0.2) is 22.1 Å². The number of phenols is 1. The molecule has 0 aliphatic carbocycles. The number of aliphatic carboxylic acids is 1. The van der Waals surface area contributed by atoms with Gasteiger partial charge >= 0.3 is 0 Å². The number of aromatic amines is 1. The third-order valence-electron chi connectivity index (χ3n) is 5.57. The number of para-hydroxylation sites is 1. The van der Waals surface area contributed by atoms with Gasteiger partial charge in [-0.2, -0.15) is 0 Å². The summed E-state index contributed by atoms with van der Waals surface area (Å²) in [6, 6.07) is 18.2. The Bertz CT molecular complexity index is 1190. The Kier molecular flexibility index (Phi) is 3.45. The minimum absolute atomic E-state index is 0.165. The van der Waals surface area contributed by atoms with E-state index in [-0.39, 0.29) is 11.8 Å². The molecular weight excluding hydrogens is 340 g/mol. The van der Waals surface area contributed by atoms with E-state index in [1.54, 1.807) is 11.4 Å². The summed E-state index contributed by atoms with van der Waals surface area (Å²) in [5.74, 6) is -0.922. The number of carbonyl (C=O) groups is 1. The number of carboxylic acids is 1. The largest absolute Gasteiger partial charge is 0.544 e. The number of H-pyrrole nitrogens is 1. The Morgan fingerprint density at radius 3 is 2.59 bits per heavy atom. The van der Waals surface area contributed by atoms with E-state index in [4.69, 9.17) is 0 Å². The molecule has 5 rings (SSSR count). The molecule has 134 valence electrons. The van der Waals surface area contributed by atoms with Crippen molar-refractivity contribution in [1.82, 2.24) is 4.98 Å². The molecule has 0 amide bonds. The summed E-state index contributed by atoms with van der Waals surface area (Å²) in [7, 11) is 0. The highest BCUT2D eigenvalue weighted by molar-refractivity contribution is 5.90. The van der Waals surface area contributed by atoms with Crippen LogP contribution in [0.4, 0.5) is 0 Å². The molecule has 0 saturated carbocycles. The van der Waals surface area contributed by atoms with E-state index in [0.29, 0.717) is 6.42 Å². The average molecular weight is 358 g/mol. The van der Waals surface area contributed by atoms with Crippen molar-refractivity contribution in [3.8, 4) is 5.75 Å². The molecule has 0 bridgehead atoms. The van der Waals surface area contributed by atoms with Gasteiger partial charge in [0.05, 0.1) is 17.2 Å². The Labute approximate surface area is 155 Å². The highest BCUT2D eigenvalue weighted by Gasteiger charge is 2.36. The normalized spacial score (nSPS) is 19.3. The number of carboxylic acid groups (broad SMARTS) is 1. The molecule has 0 fully saturated rings. The molecule has 5 heteroatoms. The van der Waals surface area contributed by atoms with Crippen molar-refractivity contribution in [3.05, 3.63) is 77.5 Å². The number of nitrogens with two attached hydrogens (primary N) is 1. The lowest BCUT2D eigenvalue weighted by Crippen LogP contribution is -2.95. The van der Waals surface area contributed by atoms with Crippen LogP contribution in [0.15, 0.2) is 60.7 Å². The van der Waals surface area contributed by atoms with Gasteiger partial charge in [-0.3, -0.25) is 0 Å². The highest BCUT2D eigenvalue weighted by atomic mass is 16.4. The lowest BCUT2D eigenvalue weighted by Gasteiger charge is -2.29. The van der Waals surface area contributed by atoms with Gasteiger partial charge in [0.25, 0.3) is 0 Å². The first-order chi connectivity index (χ1) is 13.1. The molecule has 0 saturated heterocycles. The maximum Gasteiger partial charge on any atom is 0.157 e. The van der Waals surface area contributed by atoms with Gasteiger partial charge in [0.2, 0.25) is 0 Å². The van der Waals surface area contributed by atoms with Crippen molar-refractivity contribution >= 4 is 27.6 Å². The van der Waals surface area contributed by atoms with Crippen molar-refractivity contribution in [2.24, 2.45) is 0 Å². The summed E-state index contributed by atoms with van der Waals surface area (Å²) in [5, 5.41) is 27.2. The van der Waals surface area contributed by atoms with Crippen molar-refractivity contribution < 1.29 is 20.3 Å². The number of phenolic OH excluding ortho intramolecular Hbond substituents is 1. The SMILES string of the molecule is O=C([O-])[C@H]1Cc2c([nH]c3ccccc23)[C@H](c2c(O)ccc3ccccc23)[NH2+]1. The van der Waals surface area contributed by atoms with Crippen molar-refractivity contribution in [1.29, 1.82) is 0 Å². The van der Waals surface area contributed by atoms with Crippen LogP contribution in [0.25, 0.3) is 21.7 Å². The molecule has 0 spiro atoms. The zero-order valence-corrected chi connectivity index (χ0v) is 14.5. The van der Waals surface area contributed by atoms with Crippen LogP contribution in [0.3, 0.4) is 0 Å². The number of carbonyl (C=O) groups excluding carboxylic acids is 1. The summed E-state index contributed by atoms with van der Waals surface area (Å²) in [6.45, 7) is 0. The van der Waals surface area contributed by atoms with Crippen LogP contribution in [0.1, 0.15) is 22.9 Å². The molecule has 1 aliphatic rings. The molecule has 4 N–H and O–H groups in total. The predicted octanol–water partition coefficient (Wildman–Crippen LogP) is 1.35. The minimum Gasteiger partial charge on any atom is -0.544 e. The molecule has 5 nitrogen and oxygen atoms in total. The van der Waals surface area contributed by atoms with Crippen LogP contribution in [0, 0.1) is 0 Å². The smallest absolute Gasteiger partial charge is 0.157 e. The molecule has 27 heavy (non-hydrogen) atoms. The predicted molar refractivity (Wildman–Crippen MR) is 100 cm³/mol. The molecule has 1 aromatic heterocycles. The van der Waals surface area contributed by atoms with Crippen molar-refractivity contribution in [2.75, 3.05) is 0 Å². The molecule has 0 radical (unpaired) electrons. The summed E-state index contributed by atoms with van der Waals surface area (Å²) in [4.78, 5) is 15.2. The number of rotatable bonds is 2. The number of hydrogen-bond donors (Lipinski definition) is 3. The van der Waals surface area contributed by atoms with Gasteiger partial charge in [0, 0.05) is 17.3 Å². The van der Waals surface area contributed by atoms with Gasteiger partial charge in [-0.25, -0.2) is 0 Å². The molecule has 0 unspecified atom stereocenters. The van der Waals surface area contributed by atoms with Crippen molar-refractivity contribution in [3.63, 3.8) is 0 Å². The van der Waals surface area contributed by atoms with Gasteiger partial charge in [0.15, 0.2) is 6.04 Å². The molecule has 2 atom stereocenters. The molecule has 1 aliphatic heterocycles. The third-order valence-corrected chi connectivity index (χ3v) is 5.57. The van der Waals surface area contributed by atoms with E-state index in [1.807, 2.05) is 54.6 Å². The lowest BCUT2D eigenvalue weighted by molar-refractivity contribution is -0.717. The number of hydrogen-bond acceptors (Lipinski definition) is 3. The van der Waals surface area contributed by atoms with Gasteiger partial charge in [-0.05, 0) is 28.5 Å². The second-order valence-corrected chi connectivity index (χ2v) is 7.08. The topological polar surface area (TPSA) is 92.8 Å². The van der Waals surface area contributed by atoms with Crippen molar-refractivity contribution in [2.45, 2.75) is 18.5 Å². The van der Waals surface area contributed by atoms with Crippen LogP contribution < -0.4 is 10.4 Å². The van der Waals surface area contributed by atoms with Crippen LogP contribution in [-0.2, 0) is 11.2 Å². The fraction of sp³-hybridized carbons (Fsp3) is 0.136. The Hall–Kier alpha value is -3.31. The number of quaternary nitrogens is 1. The number of aromatic nitrogens is 1. The Balaban J connectivity index is 1.80. The summed E-state index contributed by atoms with van der Waals surface area (Å²) < 4.78 is 0. The van der Waals surface area contributed by atoms with E-state index in [9.17, 15) is 15.0 Å². The summed E-state index contributed by atoms with van der Waals surface area (Å²) in [6.07, 6.45) is 0.393. The summed E-state index contributed by atoms with van der Waals surface area (Å²) >= 11 is 0. The van der Waals surface area contributed by atoms with E-state index in [0.717, 1.165) is 38.5 Å². The average Bonchev–Trinajstić information content (AvgIpc) is 3.06. The maximum atomic E-state index is 11.7. The summed E-state index contributed by atoms with van der Waals surface area (Å²) in [5.41, 5.74) is 3.63. The van der Waals surface area contributed by atoms with E-state index in [2.05, 4.69) is 4.98 Å². The second kappa shape index (κ2) is 5.86. The highest BCUT2D eigenvalue weighted by Crippen LogP contribution is 2.38. The van der Waals surface area contributed by atoms with E-state index < -0.39 is 12.0 Å². The van der Waals surface area contributed by atoms with Crippen LogP contribution in [0.2, 0.25) is 0 Å². The molecule has 2 heterocycles. The Morgan fingerprint density at radius 2 is 1.78 bits per heavy atom. The first-order valence-electron chi connectivity index (χ1n) is 8.99. The molecule has 3 aromatic carbocycles. The first kappa shape index (κ1) is 15.9. The monoisotopic (exact) mass is 358 g/mol. The fourth-order valence-electron chi connectivity index (χ4n) is 4.34. The first-order valence-corrected chi connectivity index (χ1v) is 8.99. The quantitative estimate of drug-likeness (QED) is 0.505. The minimum atomic E-state index is -1.09. The van der Waals surface area contributed by atoms with Gasteiger partial charge in [-0.15, -0.1) is 0 Å². The number of nitrogens with one attached hydrogen (secondary N) is 1. The third kappa shape index (κ3) is 2.39. The zero-order valence-electron chi connectivity index (χ0n) is 14.5. The van der Waals surface area contributed by atoms with E-state index in [1.165, 1.54) is 0 Å². The fourth-order valence-corrected chi connectivity index (χ4v) is 4.34. The molecule has 4 aromatic rings. The number of fused-ring (bicyclic) bond motifs is 4. The zero-order chi connectivity index (χ0) is 18.5. The van der Waals surface area contributed by atoms with Gasteiger partial charge < -0.3 is 25.3 Å². The lowest BCUT2D eigenvalue weighted by atomic mass is 9.87.